The van der Waals surface area contributed by atoms with Crippen molar-refractivity contribution in [1.82, 2.24) is 0 Å². The Kier molecular flexibility index (Phi) is 6.96. The number of rotatable bonds is 8. The molecule has 0 amide bonds. The van der Waals surface area contributed by atoms with Gasteiger partial charge in [0.15, 0.2) is 0 Å². The van der Waals surface area contributed by atoms with E-state index in [0.29, 0.717) is 13.2 Å². The van der Waals surface area contributed by atoms with Gasteiger partial charge in [-0.05, 0) is 36.1 Å². The van der Waals surface area contributed by atoms with Gasteiger partial charge in [-0.3, -0.25) is 0 Å². The summed E-state index contributed by atoms with van der Waals surface area (Å²) in [5.41, 5.74) is 5.94. The molecule has 4 heteroatoms. The smallest absolute Gasteiger partial charge is 0.142 e. The summed E-state index contributed by atoms with van der Waals surface area (Å²) in [7, 11) is 0. The Morgan fingerprint density at radius 1 is 0.571 bits per heavy atom. The average Bonchev–Trinajstić information content (AvgIpc) is 2.76. The summed E-state index contributed by atoms with van der Waals surface area (Å²) in [5.74, 6) is 0. The lowest BCUT2D eigenvalue weighted by atomic mass is 10.1. The first-order valence-electron chi connectivity index (χ1n) is 9.24. The minimum Gasteiger partial charge on any atom is -0.391 e. The third-order valence-corrected chi connectivity index (χ3v) is 4.27. The number of hydrogen-bond acceptors (Lipinski definition) is 4. The van der Waals surface area contributed by atoms with E-state index in [2.05, 4.69) is 10.3 Å². The van der Waals surface area contributed by atoms with Crippen molar-refractivity contribution in [1.29, 1.82) is 0 Å². The average molecular weight is 372 g/mol. The summed E-state index contributed by atoms with van der Waals surface area (Å²) in [6.07, 6.45) is 0. The summed E-state index contributed by atoms with van der Waals surface area (Å²) in [4.78, 5) is 10.9. The van der Waals surface area contributed by atoms with E-state index < -0.39 is 0 Å². The molecule has 0 heterocycles. The van der Waals surface area contributed by atoms with Crippen LogP contribution in [0.5, 0.6) is 0 Å². The van der Waals surface area contributed by atoms with Crippen molar-refractivity contribution in [3.63, 3.8) is 0 Å². The Morgan fingerprint density at radius 3 is 1.29 bits per heavy atom. The molecule has 0 aliphatic heterocycles. The van der Waals surface area contributed by atoms with Crippen LogP contribution in [-0.2, 0) is 22.9 Å². The van der Waals surface area contributed by atoms with Crippen LogP contribution in [0.3, 0.4) is 0 Å². The minimum absolute atomic E-state index is 0.427. The molecule has 3 aromatic carbocycles. The molecule has 4 nitrogen and oxygen atoms in total. The lowest BCUT2D eigenvalue weighted by Crippen LogP contribution is -1.97. The van der Waals surface area contributed by atoms with E-state index >= 15 is 0 Å². The summed E-state index contributed by atoms with van der Waals surface area (Å²) in [6.45, 7) is 4.73. The van der Waals surface area contributed by atoms with Crippen molar-refractivity contribution in [3.8, 4) is 0 Å². The van der Waals surface area contributed by atoms with E-state index in [0.717, 1.165) is 33.7 Å². The maximum Gasteiger partial charge on any atom is 0.142 e. The highest BCUT2D eigenvalue weighted by Crippen LogP contribution is 2.09. The Balaban J connectivity index is 1.47. The molecule has 0 atom stereocenters. The number of benzene rings is 3. The van der Waals surface area contributed by atoms with Gasteiger partial charge < -0.3 is 9.68 Å². The van der Waals surface area contributed by atoms with Crippen LogP contribution in [0, 0.1) is 0 Å². The third kappa shape index (κ3) is 5.81. The first kappa shape index (κ1) is 19.4. The predicted octanol–water partition coefficient (Wildman–Crippen LogP) is 5.57. The fourth-order valence-corrected chi connectivity index (χ4v) is 2.60. The van der Waals surface area contributed by atoms with Gasteiger partial charge in [0.1, 0.15) is 13.2 Å². The summed E-state index contributed by atoms with van der Waals surface area (Å²) in [6, 6.07) is 28.0. The van der Waals surface area contributed by atoms with Crippen LogP contribution in [-0.4, -0.2) is 11.4 Å². The van der Waals surface area contributed by atoms with Crippen molar-refractivity contribution in [2.75, 3.05) is 0 Å². The fraction of sp³-hybridized carbons (Fsp3) is 0.167. The second-order valence-electron chi connectivity index (χ2n) is 6.45. The first-order chi connectivity index (χ1) is 13.7. The van der Waals surface area contributed by atoms with Gasteiger partial charge in [-0.2, -0.15) is 0 Å². The molecule has 3 aromatic rings. The molecule has 0 spiro atoms. The molecular weight excluding hydrogens is 348 g/mol. The van der Waals surface area contributed by atoms with Gasteiger partial charge >= 0.3 is 0 Å². The second-order valence-corrected chi connectivity index (χ2v) is 6.45. The highest BCUT2D eigenvalue weighted by Gasteiger charge is 2.00. The van der Waals surface area contributed by atoms with Gasteiger partial charge in [0.05, 0.1) is 11.4 Å². The van der Waals surface area contributed by atoms with E-state index in [1.165, 1.54) is 0 Å². The lowest BCUT2D eigenvalue weighted by Gasteiger charge is -2.05. The van der Waals surface area contributed by atoms with Crippen LogP contribution >= 0.6 is 0 Å². The van der Waals surface area contributed by atoms with Crippen LogP contribution in [0.15, 0.2) is 95.2 Å². The molecule has 0 bridgehead atoms. The van der Waals surface area contributed by atoms with E-state index in [1.54, 1.807) is 0 Å². The van der Waals surface area contributed by atoms with Gasteiger partial charge in [-0.1, -0.05) is 95.2 Å². The van der Waals surface area contributed by atoms with Crippen LogP contribution in [0.25, 0.3) is 0 Å². The topological polar surface area (TPSA) is 43.2 Å². The zero-order valence-electron chi connectivity index (χ0n) is 16.2. The first-order valence-corrected chi connectivity index (χ1v) is 9.24. The number of oxime groups is 2. The van der Waals surface area contributed by atoms with E-state index in [1.807, 2.05) is 98.8 Å². The third-order valence-electron chi connectivity index (χ3n) is 4.27. The zero-order chi connectivity index (χ0) is 19.6. The molecular formula is C24H24N2O2. The molecule has 142 valence electrons. The molecule has 0 radical (unpaired) electrons. The Labute approximate surface area is 166 Å². The monoisotopic (exact) mass is 372 g/mol. The van der Waals surface area contributed by atoms with E-state index in [4.69, 9.17) is 9.68 Å². The maximum absolute atomic E-state index is 5.47. The van der Waals surface area contributed by atoms with Crippen molar-refractivity contribution in [3.05, 3.63) is 107 Å². The normalized spacial score (nSPS) is 11.9. The second kappa shape index (κ2) is 10.1. The predicted molar refractivity (Wildman–Crippen MR) is 113 cm³/mol. The van der Waals surface area contributed by atoms with E-state index in [9.17, 15) is 0 Å². The van der Waals surface area contributed by atoms with Crippen LogP contribution in [0.2, 0.25) is 0 Å². The molecule has 0 N–H and O–H groups in total. The van der Waals surface area contributed by atoms with Crippen molar-refractivity contribution in [2.45, 2.75) is 27.1 Å². The molecule has 0 aliphatic rings. The van der Waals surface area contributed by atoms with Gasteiger partial charge in [-0.25, -0.2) is 0 Å². The van der Waals surface area contributed by atoms with Crippen LogP contribution in [0.4, 0.5) is 0 Å². The van der Waals surface area contributed by atoms with Gasteiger partial charge in [0.2, 0.25) is 0 Å². The highest BCUT2D eigenvalue weighted by molar-refractivity contribution is 5.98. The number of hydrogen-bond donors (Lipinski definition) is 0. The van der Waals surface area contributed by atoms with E-state index in [-0.39, 0.29) is 0 Å². The van der Waals surface area contributed by atoms with Crippen molar-refractivity contribution < 1.29 is 9.68 Å². The fourth-order valence-electron chi connectivity index (χ4n) is 2.60. The molecule has 28 heavy (non-hydrogen) atoms. The van der Waals surface area contributed by atoms with Gasteiger partial charge in [0.25, 0.3) is 0 Å². The van der Waals surface area contributed by atoms with Crippen LogP contribution < -0.4 is 0 Å². The molecule has 3 rings (SSSR count). The Bertz CT molecular complexity index is 839. The van der Waals surface area contributed by atoms with Crippen molar-refractivity contribution in [2.24, 2.45) is 10.3 Å². The summed E-state index contributed by atoms with van der Waals surface area (Å²) >= 11 is 0. The zero-order valence-corrected chi connectivity index (χ0v) is 16.2. The Hall–Kier alpha value is -3.40. The summed E-state index contributed by atoms with van der Waals surface area (Å²) < 4.78 is 0. The van der Waals surface area contributed by atoms with Crippen LogP contribution in [0.1, 0.15) is 36.1 Å². The molecule has 0 aliphatic carbocycles. The molecule has 0 fully saturated rings. The van der Waals surface area contributed by atoms with Gasteiger partial charge in [-0.15, -0.1) is 0 Å². The Morgan fingerprint density at radius 2 is 0.929 bits per heavy atom. The van der Waals surface area contributed by atoms with Crippen molar-refractivity contribution >= 4 is 11.4 Å². The molecule has 0 saturated carbocycles. The quantitative estimate of drug-likeness (QED) is 0.383. The minimum atomic E-state index is 0.427. The molecule has 0 saturated heterocycles. The number of nitrogens with zero attached hydrogens (tertiary/aromatic N) is 2. The van der Waals surface area contributed by atoms with Gasteiger partial charge in [0, 0.05) is 0 Å². The standard InChI is InChI=1S/C24H24N2O2/c1-19(23-9-5-3-6-10-23)25-27-17-21-13-15-22(16-14-21)18-28-26-20(2)24-11-7-4-8-12-24/h3-16H,17-18H2,1-2H3/b25-19-,26-20-. The maximum atomic E-state index is 5.47. The SMILES string of the molecule is C/C(=N/OCc1ccc(CO/N=C(/C)c2ccccc2)cc1)c1ccccc1. The molecule has 0 unspecified atom stereocenters. The lowest BCUT2D eigenvalue weighted by molar-refractivity contribution is 0.128. The largest absolute Gasteiger partial charge is 0.391 e. The summed E-state index contributed by atoms with van der Waals surface area (Å²) in [5, 5.41) is 8.37. The molecule has 0 aromatic heterocycles. The highest BCUT2D eigenvalue weighted by atomic mass is 16.6.